The fourth-order valence-electron chi connectivity index (χ4n) is 3.22. The molecule has 2 aromatic carbocycles. The van der Waals surface area contributed by atoms with Crippen molar-refractivity contribution in [2.24, 2.45) is 5.73 Å². The van der Waals surface area contributed by atoms with Gasteiger partial charge in [0.05, 0.1) is 19.7 Å². The number of primary amides is 1. The molecule has 0 bridgehead atoms. The van der Waals surface area contributed by atoms with Crippen LogP contribution in [0.15, 0.2) is 67.1 Å². The average molecular weight is 443 g/mol. The van der Waals surface area contributed by atoms with Gasteiger partial charge in [-0.2, -0.15) is 5.10 Å². The molecular formula is C23H21N7O3. The van der Waals surface area contributed by atoms with Crippen molar-refractivity contribution in [3.8, 4) is 17.0 Å². The lowest BCUT2D eigenvalue weighted by atomic mass is 10.1. The first-order valence-electron chi connectivity index (χ1n) is 9.98. The van der Waals surface area contributed by atoms with Crippen molar-refractivity contribution in [3.05, 3.63) is 78.2 Å². The van der Waals surface area contributed by atoms with E-state index in [0.29, 0.717) is 28.6 Å². The molecule has 0 aliphatic rings. The molecule has 2 aromatic heterocycles. The Balaban J connectivity index is 1.47. The Hall–Kier alpha value is -4.73. The van der Waals surface area contributed by atoms with Crippen molar-refractivity contribution in [1.29, 1.82) is 0 Å². The summed E-state index contributed by atoms with van der Waals surface area (Å²) in [6.07, 6.45) is 4.80. The van der Waals surface area contributed by atoms with Crippen molar-refractivity contribution >= 4 is 29.1 Å². The Labute approximate surface area is 189 Å². The zero-order valence-corrected chi connectivity index (χ0v) is 17.7. The third-order valence-electron chi connectivity index (χ3n) is 4.79. The standard InChI is InChI=1S/C23H21N7O3/c1-33-17-8-2-14(3-9-17)12-19(31)27-16-6-4-15(5-7-16)21-20(22(24)32)23(30-29-21)28-18-13-25-10-11-26-18/h2-11,13H,12H2,1H3,(H2,24,32)(H,27,31)(H2,26,28,29,30). The van der Waals surface area contributed by atoms with E-state index in [-0.39, 0.29) is 17.9 Å². The summed E-state index contributed by atoms with van der Waals surface area (Å²) >= 11 is 0. The number of aromatic amines is 1. The number of nitrogens with one attached hydrogen (secondary N) is 3. The molecule has 10 nitrogen and oxygen atoms in total. The zero-order chi connectivity index (χ0) is 23.2. The van der Waals surface area contributed by atoms with Gasteiger partial charge in [-0.1, -0.05) is 24.3 Å². The second-order valence-electron chi connectivity index (χ2n) is 7.05. The maximum atomic E-state index is 12.4. The van der Waals surface area contributed by atoms with Crippen LogP contribution in [0.1, 0.15) is 15.9 Å². The van der Waals surface area contributed by atoms with Gasteiger partial charge in [-0.3, -0.25) is 19.7 Å². The first-order valence-corrected chi connectivity index (χ1v) is 9.98. The molecule has 0 aliphatic carbocycles. The lowest BCUT2D eigenvalue weighted by Gasteiger charge is -2.08. The van der Waals surface area contributed by atoms with E-state index in [9.17, 15) is 9.59 Å². The number of benzene rings is 2. The molecule has 0 atom stereocenters. The zero-order valence-electron chi connectivity index (χ0n) is 17.7. The van der Waals surface area contributed by atoms with E-state index in [1.165, 1.54) is 18.6 Å². The number of H-pyrrole nitrogens is 1. The fourth-order valence-corrected chi connectivity index (χ4v) is 3.22. The van der Waals surface area contributed by atoms with Crippen LogP contribution in [0.5, 0.6) is 5.75 Å². The summed E-state index contributed by atoms with van der Waals surface area (Å²) in [7, 11) is 1.59. The van der Waals surface area contributed by atoms with E-state index in [1.54, 1.807) is 31.4 Å². The maximum Gasteiger partial charge on any atom is 0.254 e. The van der Waals surface area contributed by atoms with Crippen LogP contribution in [0.4, 0.5) is 17.3 Å². The minimum absolute atomic E-state index is 0.152. The van der Waals surface area contributed by atoms with Crippen LogP contribution in [0.25, 0.3) is 11.3 Å². The smallest absolute Gasteiger partial charge is 0.254 e. The number of aromatic nitrogens is 4. The Morgan fingerprint density at radius 1 is 1.06 bits per heavy atom. The van der Waals surface area contributed by atoms with Crippen LogP contribution in [0, 0.1) is 0 Å². The van der Waals surface area contributed by atoms with Crippen LogP contribution in [0.2, 0.25) is 0 Å². The van der Waals surface area contributed by atoms with E-state index >= 15 is 0 Å². The Kier molecular flexibility index (Phi) is 6.26. The number of hydrogen-bond acceptors (Lipinski definition) is 7. The van der Waals surface area contributed by atoms with E-state index < -0.39 is 5.91 Å². The molecule has 0 unspecified atom stereocenters. The number of anilines is 3. The first-order chi connectivity index (χ1) is 16.0. The second kappa shape index (κ2) is 9.60. The largest absolute Gasteiger partial charge is 0.497 e. The molecule has 4 aromatic rings. The highest BCUT2D eigenvalue weighted by Gasteiger charge is 2.20. The van der Waals surface area contributed by atoms with Gasteiger partial charge in [0, 0.05) is 23.6 Å². The van der Waals surface area contributed by atoms with Crippen LogP contribution >= 0.6 is 0 Å². The van der Waals surface area contributed by atoms with Crippen LogP contribution < -0.4 is 21.1 Å². The number of amides is 2. The minimum atomic E-state index is -0.651. The highest BCUT2D eigenvalue weighted by molar-refractivity contribution is 6.04. The molecule has 0 fully saturated rings. The third-order valence-corrected chi connectivity index (χ3v) is 4.79. The summed E-state index contributed by atoms with van der Waals surface area (Å²) < 4.78 is 5.13. The van der Waals surface area contributed by atoms with Gasteiger partial charge in [0.1, 0.15) is 28.6 Å². The molecule has 2 amide bonds. The lowest BCUT2D eigenvalue weighted by molar-refractivity contribution is -0.115. The monoisotopic (exact) mass is 443 g/mol. The van der Waals surface area contributed by atoms with Gasteiger partial charge >= 0.3 is 0 Å². The number of nitrogens with two attached hydrogens (primary N) is 1. The molecule has 0 aliphatic heterocycles. The molecule has 0 radical (unpaired) electrons. The quantitative estimate of drug-likeness (QED) is 0.327. The summed E-state index contributed by atoms with van der Waals surface area (Å²) in [5, 5.41) is 12.8. The van der Waals surface area contributed by atoms with Crippen molar-refractivity contribution < 1.29 is 14.3 Å². The van der Waals surface area contributed by atoms with E-state index in [4.69, 9.17) is 10.5 Å². The Morgan fingerprint density at radius 3 is 2.45 bits per heavy atom. The SMILES string of the molecule is COc1ccc(CC(=O)Nc2ccc(-c3n[nH]c(Nc4cnccn4)c3C(N)=O)cc2)cc1. The number of nitrogens with zero attached hydrogens (tertiary/aromatic N) is 3. The third kappa shape index (κ3) is 5.13. The van der Waals surface area contributed by atoms with Gasteiger partial charge in [-0.15, -0.1) is 0 Å². The Bertz CT molecular complexity index is 1250. The fraction of sp³-hybridized carbons (Fsp3) is 0.0870. The number of carbonyl (C=O) groups excluding carboxylic acids is 2. The molecule has 10 heteroatoms. The molecule has 4 rings (SSSR count). The molecule has 0 spiro atoms. The van der Waals surface area contributed by atoms with Gasteiger partial charge in [-0.05, 0) is 29.8 Å². The maximum absolute atomic E-state index is 12.4. The van der Waals surface area contributed by atoms with Gasteiger partial charge in [0.15, 0.2) is 0 Å². The van der Waals surface area contributed by atoms with Crippen LogP contribution in [-0.4, -0.2) is 39.1 Å². The van der Waals surface area contributed by atoms with Crippen molar-refractivity contribution in [1.82, 2.24) is 20.2 Å². The summed E-state index contributed by atoms with van der Waals surface area (Å²) in [5.74, 6) is 0.682. The summed E-state index contributed by atoms with van der Waals surface area (Å²) in [5.41, 5.74) is 8.31. The topological polar surface area (TPSA) is 148 Å². The molecule has 0 saturated heterocycles. The van der Waals surface area contributed by atoms with E-state index in [2.05, 4.69) is 30.8 Å². The summed E-state index contributed by atoms with van der Waals surface area (Å²) in [4.78, 5) is 32.6. The Morgan fingerprint density at radius 2 is 1.82 bits per heavy atom. The van der Waals surface area contributed by atoms with E-state index in [1.807, 2.05) is 24.3 Å². The molecule has 2 heterocycles. The van der Waals surface area contributed by atoms with Crippen molar-refractivity contribution in [2.75, 3.05) is 17.7 Å². The van der Waals surface area contributed by atoms with Gasteiger partial charge < -0.3 is 21.1 Å². The molecule has 166 valence electrons. The number of methoxy groups -OCH3 is 1. The second-order valence-corrected chi connectivity index (χ2v) is 7.05. The highest BCUT2D eigenvalue weighted by Crippen LogP contribution is 2.28. The van der Waals surface area contributed by atoms with Gasteiger partial charge in [-0.25, -0.2) is 4.98 Å². The highest BCUT2D eigenvalue weighted by atomic mass is 16.5. The number of ether oxygens (including phenoxy) is 1. The first kappa shape index (κ1) is 21.5. The molecular weight excluding hydrogens is 422 g/mol. The number of carbonyl (C=O) groups is 2. The lowest BCUT2D eigenvalue weighted by Crippen LogP contribution is -2.14. The normalized spacial score (nSPS) is 10.5. The van der Waals surface area contributed by atoms with Crippen LogP contribution in [-0.2, 0) is 11.2 Å². The molecule has 0 saturated carbocycles. The average Bonchev–Trinajstić information content (AvgIpc) is 3.24. The number of rotatable bonds is 8. The van der Waals surface area contributed by atoms with E-state index in [0.717, 1.165) is 11.3 Å². The minimum Gasteiger partial charge on any atom is -0.497 e. The van der Waals surface area contributed by atoms with Crippen LogP contribution in [0.3, 0.4) is 0 Å². The van der Waals surface area contributed by atoms with Gasteiger partial charge in [0.25, 0.3) is 5.91 Å². The van der Waals surface area contributed by atoms with Crippen molar-refractivity contribution in [3.63, 3.8) is 0 Å². The van der Waals surface area contributed by atoms with Gasteiger partial charge in [0.2, 0.25) is 5.91 Å². The number of hydrogen-bond donors (Lipinski definition) is 4. The summed E-state index contributed by atoms with van der Waals surface area (Å²) in [6.45, 7) is 0. The predicted octanol–water partition coefficient (Wildman–Crippen LogP) is 2.90. The molecule has 33 heavy (non-hydrogen) atoms. The van der Waals surface area contributed by atoms with Crippen molar-refractivity contribution in [2.45, 2.75) is 6.42 Å². The predicted molar refractivity (Wildman–Crippen MR) is 123 cm³/mol. The summed E-state index contributed by atoms with van der Waals surface area (Å²) in [6, 6.07) is 14.3. The molecule has 5 N–H and O–H groups in total.